The van der Waals surface area contributed by atoms with Gasteiger partial charge in [-0.05, 0) is 31.6 Å². The van der Waals surface area contributed by atoms with E-state index in [1.165, 1.54) is 32.1 Å². The average Bonchev–Trinajstić information content (AvgIpc) is 3.21. The molecule has 3 N–H and O–H groups in total. The highest BCUT2D eigenvalue weighted by atomic mass is 32.2. The molecule has 1 heterocycles. The van der Waals surface area contributed by atoms with E-state index >= 15 is 0 Å². The minimum Gasteiger partial charge on any atom is -0.327 e. The highest BCUT2D eigenvalue weighted by Gasteiger charge is 2.29. The molecule has 0 aromatic carbocycles. The van der Waals surface area contributed by atoms with Gasteiger partial charge in [-0.2, -0.15) is 0 Å². The fourth-order valence-electron chi connectivity index (χ4n) is 2.92. The van der Waals surface area contributed by atoms with Crippen LogP contribution in [0.4, 0.5) is 0 Å². The number of nitrogens with zero attached hydrogens (tertiary/aromatic N) is 2. The molecule has 2 aliphatic carbocycles. The third-order valence-electron chi connectivity index (χ3n) is 4.24. The molecule has 2 fully saturated rings. The van der Waals surface area contributed by atoms with Crippen molar-refractivity contribution in [3.63, 3.8) is 0 Å². The van der Waals surface area contributed by atoms with Gasteiger partial charge in [-0.25, -0.2) is 9.89 Å². The molecule has 3 rings (SSSR count). The van der Waals surface area contributed by atoms with E-state index in [-0.39, 0.29) is 11.7 Å². The summed E-state index contributed by atoms with van der Waals surface area (Å²) in [5.41, 5.74) is 6.23. The minimum absolute atomic E-state index is 0.0729. The lowest BCUT2D eigenvalue weighted by atomic mass is 9.85. The first-order valence-corrected chi connectivity index (χ1v) is 8.29. The molecule has 19 heavy (non-hydrogen) atoms. The molecule has 6 heteroatoms. The van der Waals surface area contributed by atoms with Crippen LogP contribution in [-0.4, -0.2) is 26.6 Å². The van der Waals surface area contributed by atoms with E-state index in [1.54, 1.807) is 16.3 Å². The molecule has 0 bridgehead atoms. The van der Waals surface area contributed by atoms with Crippen LogP contribution in [0.25, 0.3) is 0 Å². The highest BCUT2D eigenvalue weighted by Crippen LogP contribution is 2.36. The third kappa shape index (κ3) is 3.05. The molecule has 1 aromatic rings. The van der Waals surface area contributed by atoms with Gasteiger partial charge >= 0.3 is 5.69 Å². The minimum atomic E-state index is -0.0729. The van der Waals surface area contributed by atoms with Crippen molar-refractivity contribution in [3.8, 4) is 0 Å². The number of nitrogens with one attached hydrogen (secondary N) is 1. The van der Waals surface area contributed by atoms with Crippen LogP contribution < -0.4 is 11.4 Å². The smallest absolute Gasteiger partial charge is 0.327 e. The van der Waals surface area contributed by atoms with E-state index in [2.05, 4.69) is 10.2 Å². The quantitative estimate of drug-likeness (QED) is 0.809. The summed E-state index contributed by atoms with van der Waals surface area (Å²) < 4.78 is 1.80. The first-order valence-electron chi connectivity index (χ1n) is 7.31. The van der Waals surface area contributed by atoms with Gasteiger partial charge in [0.25, 0.3) is 0 Å². The predicted octanol–water partition coefficient (Wildman–Crippen LogP) is 1.91. The topological polar surface area (TPSA) is 76.7 Å². The molecule has 2 aliphatic rings. The van der Waals surface area contributed by atoms with Crippen molar-refractivity contribution in [1.82, 2.24) is 14.8 Å². The second-order valence-corrected chi connectivity index (χ2v) is 6.77. The second-order valence-electron chi connectivity index (χ2n) is 5.79. The molecular formula is C13H22N4OS. The lowest BCUT2D eigenvalue weighted by Gasteiger charge is -2.27. The van der Waals surface area contributed by atoms with Crippen molar-refractivity contribution in [3.05, 3.63) is 10.5 Å². The number of H-pyrrole nitrogens is 1. The van der Waals surface area contributed by atoms with E-state index < -0.39 is 0 Å². The van der Waals surface area contributed by atoms with Gasteiger partial charge < -0.3 is 5.73 Å². The Morgan fingerprint density at radius 2 is 2.05 bits per heavy atom. The number of hydrogen-bond acceptors (Lipinski definition) is 4. The Morgan fingerprint density at radius 3 is 2.74 bits per heavy atom. The zero-order valence-electron chi connectivity index (χ0n) is 11.2. The van der Waals surface area contributed by atoms with Gasteiger partial charge in [0.05, 0.1) is 0 Å². The predicted molar refractivity (Wildman–Crippen MR) is 76.4 cm³/mol. The van der Waals surface area contributed by atoms with Gasteiger partial charge in [-0.1, -0.05) is 31.0 Å². The van der Waals surface area contributed by atoms with Crippen LogP contribution in [0.15, 0.2) is 9.95 Å². The van der Waals surface area contributed by atoms with Gasteiger partial charge in [0, 0.05) is 17.8 Å². The summed E-state index contributed by atoms with van der Waals surface area (Å²) in [5.74, 6) is 1.52. The first-order chi connectivity index (χ1) is 9.25. The lowest BCUT2D eigenvalue weighted by Crippen LogP contribution is -2.34. The van der Waals surface area contributed by atoms with Gasteiger partial charge in [0.2, 0.25) is 0 Å². The molecule has 0 radical (unpaired) electrons. The van der Waals surface area contributed by atoms with E-state index in [9.17, 15) is 4.79 Å². The summed E-state index contributed by atoms with van der Waals surface area (Å²) in [7, 11) is 0. The average molecular weight is 282 g/mol. The highest BCUT2D eigenvalue weighted by molar-refractivity contribution is 7.99. The summed E-state index contributed by atoms with van der Waals surface area (Å²) in [6.07, 6.45) is 8.71. The summed E-state index contributed by atoms with van der Waals surface area (Å²) in [6, 6.07) is 0.601. The van der Waals surface area contributed by atoms with Crippen LogP contribution in [-0.2, 0) is 0 Å². The Hall–Kier alpha value is -0.750. The maximum atomic E-state index is 11.7. The molecule has 0 amide bonds. The van der Waals surface area contributed by atoms with Crippen molar-refractivity contribution in [1.29, 1.82) is 0 Å². The molecule has 5 nitrogen and oxygen atoms in total. The molecular weight excluding hydrogens is 260 g/mol. The Bertz CT molecular complexity index is 473. The van der Waals surface area contributed by atoms with E-state index in [0.717, 1.165) is 23.8 Å². The lowest BCUT2D eigenvalue weighted by molar-refractivity contribution is 0.319. The number of aromatic nitrogens is 3. The Kier molecular flexibility index (Phi) is 3.98. The fraction of sp³-hybridized carbons (Fsp3) is 0.846. The maximum absolute atomic E-state index is 11.7. The number of hydrogen-bond donors (Lipinski definition) is 2. The van der Waals surface area contributed by atoms with Gasteiger partial charge in [-0.15, -0.1) is 5.10 Å². The molecule has 0 spiro atoms. The number of thioether (sulfide) groups is 1. The third-order valence-corrected chi connectivity index (χ3v) is 5.34. The molecule has 2 saturated carbocycles. The second kappa shape index (κ2) is 5.71. The number of nitrogens with two attached hydrogens (primary N) is 1. The number of aromatic amines is 1. The van der Waals surface area contributed by atoms with Crippen molar-refractivity contribution < 1.29 is 0 Å². The molecule has 1 atom stereocenters. The largest absolute Gasteiger partial charge is 0.344 e. The normalized spacial score (nSPS) is 22.6. The zero-order valence-corrected chi connectivity index (χ0v) is 12.0. The van der Waals surface area contributed by atoms with Crippen LogP contribution in [0, 0.1) is 5.92 Å². The first kappa shape index (κ1) is 13.2. The van der Waals surface area contributed by atoms with Crippen molar-refractivity contribution in [2.24, 2.45) is 11.7 Å². The van der Waals surface area contributed by atoms with Crippen molar-refractivity contribution >= 4 is 11.8 Å². The van der Waals surface area contributed by atoms with E-state index in [1.807, 2.05) is 0 Å². The van der Waals surface area contributed by atoms with Crippen LogP contribution >= 0.6 is 11.8 Å². The Morgan fingerprint density at radius 1 is 1.32 bits per heavy atom. The molecule has 0 aliphatic heterocycles. The van der Waals surface area contributed by atoms with E-state index in [4.69, 9.17) is 5.73 Å². The molecule has 106 valence electrons. The summed E-state index contributed by atoms with van der Waals surface area (Å²) in [4.78, 5) is 11.7. The number of rotatable bonds is 5. The Labute approximate surface area is 117 Å². The summed E-state index contributed by atoms with van der Waals surface area (Å²) >= 11 is 1.63. The van der Waals surface area contributed by atoms with Crippen molar-refractivity contribution in [2.75, 3.05) is 5.75 Å². The van der Waals surface area contributed by atoms with Gasteiger partial charge in [-0.3, -0.25) is 4.57 Å². The zero-order chi connectivity index (χ0) is 13.2. The fourth-order valence-corrected chi connectivity index (χ4v) is 4.01. The summed E-state index contributed by atoms with van der Waals surface area (Å²) in [5, 5.41) is 7.50. The Balaban J connectivity index is 1.58. The van der Waals surface area contributed by atoms with Crippen molar-refractivity contribution in [2.45, 2.75) is 62.2 Å². The molecule has 0 saturated heterocycles. The van der Waals surface area contributed by atoms with Gasteiger partial charge in [0.15, 0.2) is 5.16 Å². The molecule has 1 unspecified atom stereocenters. The maximum Gasteiger partial charge on any atom is 0.344 e. The molecule has 1 aromatic heterocycles. The SMILES string of the molecule is NC(CSc1n[nH]c(=O)n1C1CC1)C1CCCCC1. The van der Waals surface area contributed by atoms with Gasteiger partial charge in [0.1, 0.15) is 0 Å². The van der Waals surface area contributed by atoms with Crippen LogP contribution in [0.2, 0.25) is 0 Å². The van der Waals surface area contributed by atoms with E-state index in [0.29, 0.717) is 12.0 Å². The van der Waals surface area contributed by atoms with Crippen LogP contribution in [0.3, 0.4) is 0 Å². The summed E-state index contributed by atoms with van der Waals surface area (Å²) in [6.45, 7) is 0. The van der Waals surface area contributed by atoms with Crippen LogP contribution in [0.5, 0.6) is 0 Å². The monoisotopic (exact) mass is 282 g/mol. The standard InChI is InChI=1S/C13H22N4OS/c14-11(9-4-2-1-3-5-9)8-19-13-16-15-12(18)17(13)10-6-7-10/h9-11H,1-8,14H2,(H,15,18). The van der Waals surface area contributed by atoms with Crippen LogP contribution in [0.1, 0.15) is 51.0 Å².